The molecule has 4 aliphatic rings. The molecule has 4 heteroatoms. The van der Waals surface area contributed by atoms with Gasteiger partial charge in [-0.25, -0.2) is 0 Å². The Bertz CT molecular complexity index is 788. The van der Waals surface area contributed by atoms with Gasteiger partial charge in [0, 0.05) is 0 Å². The molecule has 4 atom stereocenters. The third-order valence-electron chi connectivity index (χ3n) is 8.24. The summed E-state index contributed by atoms with van der Waals surface area (Å²) in [5, 5.41) is 0. The molecule has 0 aromatic carbocycles. The second-order valence-corrected chi connectivity index (χ2v) is 56.1. The minimum atomic E-state index is -2.96. The molecule has 4 unspecified atom stereocenters. The number of halogens is 2. The van der Waals surface area contributed by atoms with Crippen LogP contribution in [0.4, 0.5) is 0 Å². The molecule has 0 fully saturated rings. The molecule has 4 aliphatic carbocycles. The molecule has 0 spiro atoms. The first-order chi connectivity index (χ1) is 12.1. The van der Waals surface area contributed by atoms with Gasteiger partial charge in [0.1, 0.15) is 0 Å². The number of hydrogen-bond acceptors (Lipinski definition) is 0. The van der Waals surface area contributed by atoms with E-state index in [4.69, 9.17) is 0 Å². The van der Waals surface area contributed by atoms with E-state index < -0.39 is 15.7 Å². The van der Waals surface area contributed by atoms with Gasteiger partial charge < -0.3 is 0 Å². The smallest absolute Gasteiger partial charge is 0.147 e. The van der Waals surface area contributed by atoms with Crippen LogP contribution in [0.1, 0.15) is 66.2 Å². The van der Waals surface area contributed by atoms with E-state index in [2.05, 4.69) is 49.1 Å². The predicted molar refractivity (Wildman–Crippen MR) is 130 cm³/mol. The molecule has 0 heterocycles. The van der Waals surface area contributed by atoms with Gasteiger partial charge in [-0.3, -0.25) is 0 Å². The molecule has 4 rings (SSSR count). The van der Waals surface area contributed by atoms with Gasteiger partial charge in [-0.1, -0.05) is 0 Å². The van der Waals surface area contributed by atoms with Gasteiger partial charge in [0.05, 0.1) is 0 Å². The Kier molecular flexibility index (Phi) is 7.64. The van der Waals surface area contributed by atoms with Gasteiger partial charge in [-0.2, -0.15) is 0 Å². The summed E-state index contributed by atoms with van der Waals surface area (Å²) in [5.41, 5.74) is 10.8. The number of hydrogen-bond donors (Lipinski definition) is 0. The Morgan fingerprint density at radius 3 is 1.50 bits per heavy atom. The van der Waals surface area contributed by atoms with Gasteiger partial charge in [0.2, 0.25) is 0 Å². The van der Waals surface area contributed by atoms with E-state index in [9.17, 15) is 0 Å². The Labute approximate surface area is 191 Å². The van der Waals surface area contributed by atoms with Crippen molar-refractivity contribution in [2.45, 2.75) is 82.7 Å². The summed E-state index contributed by atoms with van der Waals surface area (Å²) in [5.74, 6) is 1.60. The largest absolute Gasteiger partial charge is 0.147 e. The van der Waals surface area contributed by atoms with Crippen molar-refractivity contribution in [3.63, 3.8) is 0 Å². The van der Waals surface area contributed by atoms with E-state index in [-0.39, 0.29) is 24.8 Å². The molecule has 0 saturated heterocycles. The van der Waals surface area contributed by atoms with E-state index in [1.165, 1.54) is 38.5 Å². The summed E-state index contributed by atoms with van der Waals surface area (Å²) >= 11 is -1.39. The van der Waals surface area contributed by atoms with Gasteiger partial charge in [-0.05, 0) is 0 Å². The number of allylic oxidation sites excluding steroid dienone is 8. The normalized spacial score (nSPS) is 32.8. The molecule has 158 valence electrons. The molecular weight excluding hydrogens is 523 g/mol. The fraction of sp³-hybridized carbons (Fsp3) is 0.667. The van der Waals surface area contributed by atoms with Crippen LogP contribution in [-0.4, -0.2) is 12.1 Å². The summed E-state index contributed by atoms with van der Waals surface area (Å²) in [4.78, 5) is 0. The van der Waals surface area contributed by atoms with E-state index in [0.29, 0.717) is 0 Å². The molecule has 0 bridgehead atoms. The maximum atomic E-state index is 2.86. The average Bonchev–Trinajstić information content (AvgIpc) is 3.06. The fourth-order valence-electron chi connectivity index (χ4n) is 7.54. The van der Waals surface area contributed by atoms with E-state index in [0.717, 1.165) is 19.1 Å². The van der Waals surface area contributed by atoms with Crippen molar-refractivity contribution >= 4 is 37.0 Å². The molecule has 0 aromatic heterocycles. The minimum Gasteiger partial charge on any atom is -0.147 e. The van der Waals surface area contributed by atoms with Gasteiger partial charge in [-0.15, -0.1) is 24.8 Å². The Hall–Kier alpha value is 0.966. The second-order valence-electron chi connectivity index (χ2n) is 11.1. The molecular formula is C24H40Cl2GeZr. The van der Waals surface area contributed by atoms with Crippen molar-refractivity contribution in [1.82, 2.24) is 0 Å². The van der Waals surface area contributed by atoms with E-state index >= 15 is 0 Å². The second kappa shape index (κ2) is 8.48. The van der Waals surface area contributed by atoms with Crippen molar-refractivity contribution in [1.29, 1.82) is 0 Å². The van der Waals surface area contributed by atoms with Crippen molar-refractivity contribution in [3.8, 4) is 0 Å². The Balaban J connectivity index is 0.00000140. The van der Waals surface area contributed by atoms with Crippen LogP contribution in [0, 0.1) is 11.8 Å². The van der Waals surface area contributed by atoms with Gasteiger partial charge >= 0.3 is 168 Å². The van der Waals surface area contributed by atoms with Crippen molar-refractivity contribution in [3.05, 3.63) is 45.6 Å². The Morgan fingerprint density at radius 1 is 0.786 bits per heavy atom. The molecule has 0 N–H and O–H groups in total. The monoisotopic (exact) mass is 562 g/mol. The maximum Gasteiger partial charge on any atom is -0.147 e. The average molecular weight is 563 g/mol. The van der Waals surface area contributed by atoms with Crippen molar-refractivity contribution in [2.75, 3.05) is 0 Å². The predicted octanol–water partition coefficient (Wildman–Crippen LogP) is 7.89. The third kappa shape index (κ3) is 3.82. The zero-order valence-corrected chi connectivity index (χ0v) is 25.8. The molecule has 0 saturated carbocycles. The number of rotatable bonds is 2. The SMILES string of the molecule is CC1=CC2=C(CCCC2C)[CH]1[Zr]([CH3])([CH3])(=[GeH2])[CH]1C(C)=CC2=C1CCCC2C.Cl.Cl. The van der Waals surface area contributed by atoms with Crippen LogP contribution in [-0.2, 0) is 15.7 Å². The molecule has 0 nitrogen and oxygen atoms in total. The summed E-state index contributed by atoms with van der Waals surface area (Å²) in [6.45, 7) is 9.93. The zero-order chi connectivity index (χ0) is 18.9. The van der Waals surface area contributed by atoms with Gasteiger partial charge in [0.15, 0.2) is 0 Å². The first kappa shape index (κ1) is 25.2. The first-order valence-electron chi connectivity index (χ1n) is 11.0. The summed E-state index contributed by atoms with van der Waals surface area (Å²) < 4.78 is 7.45. The third-order valence-corrected chi connectivity index (χ3v) is 31.6. The van der Waals surface area contributed by atoms with E-state index in [1.54, 1.807) is 34.4 Å². The van der Waals surface area contributed by atoms with Gasteiger partial charge in [0.25, 0.3) is 0 Å². The molecule has 0 aromatic rings. The van der Waals surface area contributed by atoms with Crippen LogP contribution in [0.3, 0.4) is 0 Å². The van der Waals surface area contributed by atoms with Crippen LogP contribution in [0.15, 0.2) is 45.6 Å². The summed E-state index contributed by atoms with van der Waals surface area (Å²) in [7, 11) is 0. The summed E-state index contributed by atoms with van der Waals surface area (Å²) in [6.07, 6.45) is 13.7. The standard InChI is InChI=1S/2C11H15.2CH3.2ClH.GeH2.Zr/c2*1-8-6-10-5-3-4-9(2)11(10)7-8;;;;;;/h2*6-7,9H,3-5H2,1-2H3;2*1H3;2*1H;1H2;. The zero-order valence-electron chi connectivity index (χ0n) is 18.7. The van der Waals surface area contributed by atoms with Crippen LogP contribution in [0.5, 0.6) is 0 Å². The van der Waals surface area contributed by atoms with Crippen molar-refractivity contribution < 1.29 is 15.7 Å². The van der Waals surface area contributed by atoms with Crippen LogP contribution < -0.4 is 0 Å². The fourth-order valence-corrected chi connectivity index (χ4v) is 37.4. The van der Waals surface area contributed by atoms with Crippen molar-refractivity contribution in [2.24, 2.45) is 11.8 Å². The quantitative estimate of drug-likeness (QED) is 0.300. The molecule has 28 heavy (non-hydrogen) atoms. The minimum absolute atomic E-state index is 0. The van der Waals surface area contributed by atoms with Crippen LogP contribution >= 0.6 is 24.8 Å². The molecule has 0 amide bonds. The molecule has 0 aliphatic heterocycles. The maximum absolute atomic E-state index is 2.96. The van der Waals surface area contributed by atoms with Crippen LogP contribution in [0.2, 0.25) is 16.5 Å². The first-order valence-corrected chi connectivity index (χ1v) is 29.3. The van der Waals surface area contributed by atoms with Crippen LogP contribution in [0.25, 0.3) is 0 Å². The van der Waals surface area contributed by atoms with E-state index in [1.807, 2.05) is 11.1 Å². The Morgan fingerprint density at radius 2 is 1.14 bits per heavy atom. The summed E-state index contributed by atoms with van der Waals surface area (Å²) in [6, 6.07) is 0. The molecule has 0 radical (unpaired) electrons. The topological polar surface area (TPSA) is 0 Å².